The topological polar surface area (TPSA) is 29.5 Å². The molecule has 2 heteroatoms. The summed E-state index contributed by atoms with van der Waals surface area (Å²) >= 11 is 0. The Kier molecular flexibility index (Phi) is 5.64. The predicted octanol–water partition coefficient (Wildman–Crippen LogP) is 1.57. The Bertz CT molecular complexity index is 71.7. The Balaban J connectivity index is 3.12. The van der Waals surface area contributed by atoms with Gasteiger partial charge in [-0.25, -0.2) is 0 Å². The van der Waals surface area contributed by atoms with Gasteiger partial charge in [0.05, 0.1) is 18.8 Å². The molecule has 2 atom stereocenters. The number of rotatable bonds is 5. The predicted molar refractivity (Wildman–Crippen MR) is 42.0 cm³/mol. The van der Waals surface area contributed by atoms with E-state index in [1.807, 2.05) is 6.92 Å². The summed E-state index contributed by atoms with van der Waals surface area (Å²) in [6, 6.07) is 0. The van der Waals surface area contributed by atoms with E-state index in [-0.39, 0.29) is 6.10 Å². The third kappa shape index (κ3) is 6.05. The van der Waals surface area contributed by atoms with Crippen molar-refractivity contribution >= 4 is 0 Å². The molecule has 10 heavy (non-hydrogen) atoms. The van der Waals surface area contributed by atoms with E-state index in [1.54, 1.807) is 6.92 Å². The zero-order valence-corrected chi connectivity index (χ0v) is 7.13. The number of ether oxygens (including phenoxy) is 1. The Morgan fingerprint density at radius 2 is 2.00 bits per heavy atom. The fourth-order valence-electron chi connectivity index (χ4n) is 0.793. The van der Waals surface area contributed by atoms with E-state index in [0.29, 0.717) is 12.7 Å². The highest BCUT2D eigenvalue weighted by molar-refractivity contribution is 4.50. The molecule has 2 nitrogen and oxygen atoms in total. The van der Waals surface area contributed by atoms with Gasteiger partial charge in [0, 0.05) is 0 Å². The van der Waals surface area contributed by atoms with Crippen molar-refractivity contribution in [2.75, 3.05) is 6.61 Å². The zero-order chi connectivity index (χ0) is 7.98. The molecule has 0 rings (SSSR count). The van der Waals surface area contributed by atoms with Crippen LogP contribution in [0.5, 0.6) is 0 Å². The number of aliphatic hydroxyl groups is 1. The van der Waals surface area contributed by atoms with Crippen LogP contribution >= 0.6 is 0 Å². The minimum absolute atomic E-state index is 0.291. The standard InChI is InChI=1S/C8H18O2/c1-4-5-8(3)10-6-7(2)9/h7-9H,4-6H2,1-3H3/t7-,8+/m1/s1. The Hall–Kier alpha value is -0.0800. The maximum absolute atomic E-state index is 8.84. The van der Waals surface area contributed by atoms with Crippen LogP contribution in [0.1, 0.15) is 33.6 Å². The molecule has 0 saturated carbocycles. The second-order valence-electron chi connectivity index (χ2n) is 2.78. The van der Waals surface area contributed by atoms with E-state index in [2.05, 4.69) is 6.92 Å². The monoisotopic (exact) mass is 146 g/mol. The highest BCUT2D eigenvalue weighted by atomic mass is 16.5. The molecule has 0 aliphatic heterocycles. The first kappa shape index (κ1) is 9.92. The lowest BCUT2D eigenvalue weighted by molar-refractivity contribution is 0.00196. The van der Waals surface area contributed by atoms with Gasteiger partial charge in [-0.3, -0.25) is 0 Å². The third-order valence-corrected chi connectivity index (χ3v) is 1.32. The van der Waals surface area contributed by atoms with Gasteiger partial charge in [-0.05, 0) is 20.3 Å². The molecule has 0 aromatic carbocycles. The van der Waals surface area contributed by atoms with E-state index in [0.717, 1.165) is 12.8 Å². The average molecular weight is 146 g/mol. The largest absolute Gasteiger partial charge is 0.391 e. The minimum atomic E-state index is -0.334. The molecule has 0 heterocycles. The Morgan fingerprint density at radius 1 is 1.40 bits per heavy atom. The second-order valence-corrected chi connectivity index (χ2v) is 2.78. The van der Waals surface area contributed by atoms with Crippen LogP contribution in [0, 0.1) is 0 Å². The maximum atomic E-state index is 8.84. The summed E-state index contributed by atoms with van der Waals surface area (Å²) in [6.07, 6.45) is 2.17. The van der Waals surface area contributed by atoms with Crippen molar-refractivity contribution in [2.24, 2.45) is 0 Å². The Labute approximate surface area is 63.2 Å². The summed E-state index contributed by atoms with van der Waals surface area (Å²) in [5, 5.41) is 8.84. The van der Waals surface area contributed by atoms with Gasteiger partial charge in [-0.1, -0.05) is 13.3 Å². The summed E-state index contributed by atoms with van der Waals surface area (Å²) in [7, 11) is 0. The first-order chi connectivity index (χ1) is 4.66. The van der Waals surface area contributed by atoms with Crippen molar-refractivity contribution in [3.8, 4) is 0 Å². The summed E-state index contributed by atoms with van der Waals surface area (Å²) in [5.74, 6) is 0. The molecule has 0 aromatic rings. The average Bonchev–Trinajstić information content (AvgIpc) is 1.85. The zero-order valence-electron chi connectivity index (χ0n) is 7.13. The highest BCUT2D eigenvalue weighted by Gasteiger charge is 2.01. The maximum Gasteiger partial charge on any atom is 0.0745 e. The molecular formula is C8H18O2. The van der Waals surface area contributed by atoms with Gasteiger partial charge in [-0.2, -0.15) is 0 Å². The first-order valence-electron chi connectivity index (χ1n) is 3.96. The molecule has 0 radical (unpaired) electrons. The van der Waals surface area contributed by atoms with Crippen LogP contribution in [0.2, 0.25) is 0 Å². The summed E-state index contributed by atoms with van der Waals surface area (Å²) in [6.45, 7) is 6.36. The van der Waals surface area contributed by atoms with Crippen LogP contribution in [-0.2, 0) is 4.74 Å². The molecule has 0 spiro atoms. The van der Waals surface area contributed by atoms with Crippen molar-refractivity contribution in [1.82, 2.24) is 0 Å². The van der Waals surface area contributed by atoms with E-state index in [9.17, 15) is 0 Å². The van der Waals surface area contributed by atoms with E-state index < -0.39 is 0 Å². The van der Waals surface area contributed by atoms with Gasteiger partial charge in [0.1, 0.15) is 0 Å². The molecule has 0 unspecified atom stereocenters. The molecule has 0 aliphatic carbocycles. The molecule has 1 N–H and O–H groups in total. The second kappa shape index (κ2) is 5.69. The summed E-state index contributed by atoms with van der Waals surface area (Å²) in [4.78, 5) is 0. The van der Waals surface area contributed by atoms with Gasteiger partial charge in [0.2, 0.25) is 0 Å². The van der Waals surface area contributed by atoms with Crippen molar-refractivity contribution in [2.45, 2.75) is 45.8 Å². The van der Waals surface area contributed by atoms with Gasteiger partial charge >= 0.3 is 0 Å². The van der Waals surface area contributed by atoms with E-state index in [1.165, 1.54) is 0 Å². The molecule has 62 valence electrons. The number of hydrogen-bond donors (Lipinski definition) is 1. The third-order valence-electron chi connectivity index (χ3n) is 1.32. The van der Waals surface area contributed by atoms with Crippen LogP contribution in [0.4, 0.5) is 0 Å². The van der Waals surface area contributed by atoms with Crippen molar-refractivity contribution in [3.05, 3.63) is 0 Å². The van der Waals surface area contributed by atoms with Crippen molar-refractivity contribution in [3.63, 3.8) is 0 Å². The highest BCUT2D eigenvalue weighted by Crippen LogP contribution is 2.00. The normalized spacial score (nSPS) is 16.8. The summed E-state index contributed by atoms with van der Waals surface area (Å²) < 4.78 is 5.29. The van der Waals surface area contributed by atoms with Crippen molar-refractivity contribution in [1.29, 1.82) is 0 Å². The Morgan fingerprint density at radius 3 is 2.40 bits per heavy atom. The smallest absolute Gasteiger partial charge is 0.0745 e. The molecule has 0 amide bonds. The fraction of sp³-hybridized carbons (Fsp3) is 1.00. The molecule has 0 bridgehead atoms. The lowest BCUT2D eigenvalue weighted by Gasteiger charge is -2.12. The molecule has 0 aliphatic rings. The van der Waals surface area contributed by atoms with Gasteiger partial charge in [0.15, 0.2) is 0 Å². The van der Waals surface area contributed by atoms with Crippen LogP contribution < -0.4 is 0 Å². The molecule has 0 saturated heterocycles. The van der Waals surface area contributed by atoms with Crippen LogP contribution in [0.25, 0.3) is 0 Å². The lowest BCUT2D eigenvalue weighted by atomic mass is 10.2. The van der Waals surface area contributed by atoms with Crippen LogP contribution in [0.3, 0.4) is 0 Å². The lowest BCUT2D eigenvalue weighted by Crippen LogP contribution is -2.16. The number of aliphatic hydroxyl groups excluding tert-OH is 1. The van der Waals surface area contributed by atoms with E-state index >= 15 is 0 Å². The first-order valence-corrected chi connectivity index (χ1v) is 3.96. The molecule has 0 aromatic heterocycles. The minimum Gasteiger partial charge on any atom is -0.391 e. The fourth-order valence-corrected chi connectivity index (χ4v) is 0.793. The SMILES string of the molecule is CCC[C@H](C)OC[C@@H](C)O. The van der Waals surface area contributed by atoms with E-state index in [4.69, 9.17) is 9.84 Å². The van der Waals surface area contributed by atoms with Crippen molar-refractivity contribution < 1.29 is 9.84 Å². The molecule has 0 fully saturated rings. The van der Waals surface area contributed by atoms with Gasteiger partial charge in [0.25, 0.3) is 0 Å². The van der Waals surface area contributed by atoms with Gasteiger partial charge < -0.3 is 9.84 Å². The van der Waals surface area contributed by atoms with Crippen LogP contribution in [0.15, 0.2) is 0 Å². The number of hydrogen-bond acceptors (Lipinski definition) is 2. The summed E-state index contributed by atoms with van der Waals surface area (Å²) in [5.41, 5.74) is 0. The van der Waals surface area contributed by atoms with Crippen LogP contribution in [-0.4, -0.2) is 23.9 Å². The quantitative estimate of drug-likeness (QED) is 0.638. The van der Waals surface area contributed by atoms with Gasteiger partial charge in [-0.15, -0.1) is 0 Å². The molecular weight excluding hydrogens is 128 g/mol.